The van der Waals surface area contributed by atoms with Crippen LogP contribution in [0.3, 0.4) is 0 Å². The molecule has 1 aliphatic heterocycles. The van der Waals surface area contributed by atoms with E-state index in [0.29, 0.717) is 23.0 Å². The van der Waals surface area contributed by atoms with Gasteiger partial charge in [-0.25, -0.2) is 0 Å². The fraction of sp³-hybridized carbons (Fsp3) is 0.444. The van der Waals surface area contributed by atoms with Crippen LogP contribution in [0.5, 0.6) is 11.5 Å². The first-order valence-corrected chi connectivity index (χ1v) is 9.34. The average Bonchev–Trinajstić information content (AvgIpc) is 3.29. The number of hydrogen-bond acceptors (Lipinski definition) is 8. The van der Waals surface area contributed by atoms with Crippen LogP contribution in [0.4, 0.5) is 0 Å². The molecule has 0 fully saturated rings. The smallest absolute Gasteiger partial charge is 0.277 e. The summed E-state index contributed by atoms with van der Waals surface area (Å²) in [5.41, 5.74) is -0.231. The van der Waals surface area contributed by atoms with Gasteiger partial charge in [0.25, 0.3) is 5.22 Å². The first-order chi connectivity index (χ1) is 12.8. The first kappa shape index (κ1) is 19.0. The van der Waals surface area contributed by atoms with E-state index in [1.165, 1.54) is 0 Å². The van der Waals surface area contributed by atoms with Crippen molar-refractivity contribution in [3.05, 3.63) is 18.2 Å². The van der Waals surface area contributed by atoms with Gasteiger partial charge in [-0.15, -0.1) is 10.2 Å². The highest BCUT2D eigenvalue weighted by atomic mass is 32.2. The van der Waals surface area contributed by atoms with Gasteiger partial charge in [0, 0.05) is 5.56 Å². The number of amides is 1. The zero-order valence-electron chi connectivity index (χ0n) is 15.5. The molecule has 0 aliphatic carbocycles. The van der Waals surface area contributed by atoms with E-state index in [4.69, 9.17) is 13.9 Å². The minimum Gasteiger partial charge on any atom is -0.454 e. The van der Waals surface area contributed by atoms with Crippen molar-refractivity contribution in [1.29, 1.82) is 5.26 Å². The highest BCUT2D eigenvalue weighted by Crippen LogP contribution is 2.36. The van der Waals surface area contributed by atoms with Crippen LogP contribution in [0.15, 0.2) is 27.8 Å². The number of aromatic nitrogens is 2. The molecule has 3 rings (SSSR count). The van der Waals surface area contributed by atoms with Crippen molar-refractivity contribution in [2.45, 2.75) is 43.7 Å². The lowest BCUT2D eigenvalue weighted by Gasteiger charge is -2.28. The van der Waals surface area contributed by atoms with E-state index in [-0.39, 0.29) is 23.8 Å². The lowest BCUT2D eigenvalue weighted by atomic mass is 9.90. The molecule has 2 aromatic rings. The highest BCUT2D eigenvalue weighted by Gasteiger charge is 2.32. The van der Waals surface area contributed by atoms with E-state index < -0.39 is 10.8 Å². The Morgan fingerprint density at radius 2 is 2.04 bits per heavy atom. The number of carbonyl (C=O) groups excluding carboxylic acids is 1. The maximum absolute atomic E-state index is 12.4. The predicted octanol–water partition coefficient (Wildman–Crippen LogP) is 3.00. The quantitative estimate of drug-likeness (QED) is 0.752. The van der Waals surface area contributed by atoms with Crippen LogP contribution in [0, 0.1) is 17.2 Å². The van der Waals surface area contributed by atoms with Crippen molar-refractivity contribution in [2.24, 2.45) is 5.92 Å². The standard InChI is InChI=1S/C18H20N4O4S/c1-10(2)18(4,8-19)20-15(23)11(3)27-17-22-21-16(26-17)12-5-6-13-14(7-12)25-9-24-13/h5-7,10-11H,9H2,1-4H3,(H,20,23)/t11-,18-/m1/s1. The Kier molecular flexibility index (Phi) is 5.28. The maximum Gasteiger partial charge on any atom is 0.277 e. The third-order valence-corrected chi connectivity index (χ3v) is 5.38. The largest absolute Gasteiger partial charge is 0.454 e. The van der Waals surface area contributed by atoms with E-state index in [9.17, 15) is 10.1 Å². The Morgan fingerprint density at radius 1 is 1.30 bits per heavy atom. The van der Waals surface area contributed by atoms with E-state index in [0.717, 1.165) is 11.8 Å². The maximum atomic E-state index is 12.4. The Balaban J connectivity index is 1.67. The molecule has 0 unspecified atom stereocenters. The second-order valence-electron chi connectivity index (χ2n) is 6.66. The first-order valence-electron chi connectivity index (χ1n) is 8.46. The number of carbonyl (C=O) groups is 1. The zero-order chi connectivity index (χ0) is 19.6. The summed E-state index contributed by atoms with van der Waals surface area (Å²) in [4.78, 5) is 12.4. The van der Waals surface area contributed by atoms with E-state index in [1.54, 1.807) is 32.0 Å². The number of ether oxygens (including phenoxy) is 2. The van der Waals surface area contributed by atoms with Gasteiger partial charge in [0.05, 0.1) is 11.3 Å². The van der Waals surface area contributed by atoms with Gasteiger partial charge in [-0.05, 0) is 38.0 Å². The van der Waals surface area contributed by atoms with Gasteiger partial charge >= 0.3 is 0 Å². The van der Waals surface area contributed by atoms with Gasteiger partial charge in [-0.3, -0.25) is 4.79 Å². The number of nitriles is 1. The zero-order valence-corrected chi connectivity index (χ0v) is 16.3. The molecule has 0 radical (unpaired) electrons. The molecule has 0 spiro atoms. The van der Waals surface area contributed by atoms with Crippen LogP contribution in [0.2, 0.25) is 0 Å². The van der Waals surface area contributed by atoms with Crippen LogP contribution in [0.1, 0.15) is 27.7 Å². The van der Waals surface area contributed by atoms with Gasteiger partial charge in [0.2, 0.25) is 18.6 Å². The van der Waals surface area contributed by atoms with Crippen LogP contribution in [-0.4, -0.2) is 33.7 Å². The van der Waals surface area contributed by atoms with E-state index >= 15 is 0 Å². The van der Waals surface area contributed by atoms with Gasteiger partial charge < -0.3 is 19.2 Å². The molecule has 0 bridgehead atoms. The molecule has 0 saturated carbocycles. The summed E-state index contributed by atoms with van der Waals surface area (Å²) < 4.78 is 16.3. The molecule has 1 N–H and O–H groups in total. The number of fused-ring (bicyclic) bond motifs is 1. The predicted molar refractivity (Wildman–Crippen MR) is 98.2 cm³/mol. The monoisotopic (exact) mass is 388 g/mol. The summed E-state index contributed by atoms with van der Waals surface area (Å²) in [6.45, 7) is 7.39. The molecule has 1 aromatic heterocycles. The van der Waals surface area contributed by atoms with Crippen molar-refractivity contribution < 1.29 is 18.7 Å². The minimum absolute atomic E-state index is 0.0235. The Hall–Kier alpha value is -2.73. The second kappa shape index (κ2) is 7.48. The molecule has 1 amide bonds. The number of thioether (sulfide) groups is 1. The van der Waals surface area contributed by atoms with Gasteiger partial charge in [0.1, 0.15) is 5.54 Å². The highest BCUT2D eigenvalue weighted by molar-refractivity contribution is 8.00. The van der Waals surface area contributed by atoms with Crippen LogP contribution in [0.25, 0.3) is 11.5 Å². The summed E-state index contributed by atoms with van der Waals surface area (Å²) in [5.74, 6) is 1.33. The Morgan fingerprint density at radius 3 is 2.74 bits per heavy atom. The van der Waals surface area contributed by atoms with Crippen molar-refractivity contribution in [3.8, 4) is 29.0 Å². The third kappa shape index (κ3) is 4.01. The number of nitrogens with zero attached hydrogens (tertiary/aromatic N) is 3. The molecule has 2 atom stereocenters. The molecule has 27 heavy (non-hydrogen) atoms. The Bertz CT molecular complexity index is 892. The molecule has 8 nitrogen and oxygen atoms in total. The van der Waals surface area contributed by atoms with Gasteiger partial charge in [-0.1, -0.05) is 25.6 Å². The molecule has 142 valence electrons. The summed E-state index contributed by atoms with van der Waals surface area (Å²) in [6, 6.07) is 7.50. The third-order valence-electron chi connectivity index (χ3n) is 4.44. The lowest BCUT2D eigenvalue weighted by Crippen LogP contribution is -2.51. The fourth-order valence-electron chi connectivity index (χ4n) is 2.27. The molecule has 1 aliphatic rings. The number of nitrogens with one attached hydrogen (secondary N) is 1. The number of rotatable bonds is 6. The van der Waals surface area contributed by atoms with Crippen molar-refractivity contribution >= 4 is 17.7 Å². The molecular weight excluding hydrogens is 368 g/mol. The Labute approximate surface area is 161 Å². The summed E-state index contributed by atoms with van der Waals surface area (Å²) in [5, 5.41) is 19.9. The molecule has 0 saturated heterocycles. The van der Waals surface area contributed by atoms with Crippen LogP contribution in [-0.2, 0) is 4.79 Å². The van der Waals surface area contributed by atoms with Crippen molar-refractivity contribution in [1.82, 2.24) is 15.5 Å². The normalized spacial score (nSPS) is 15.9. The summed E-state index contributed by atoms with van der Waals surface area (Å²) in [6.07, 6.45) is 0. The SMILES string of the molecule is CC(C)[C@@](C)(C#N)NC(=O)[C@@H](C)Sc1nnc(-c2ccc3c(c2)OCO3)o1. The minimum atomic E-state index is -0.932. The lowest BCUT2D eigenvalue weighted by molar-refractivity contribution is -0.121. The van der Waals surface area contributed by atoms with Crippen molar-refractivity contribution in [2.75, 3.05) is 6.79 Å². The van der Waals surface area contributed by atoms with Crippen molar-refractivity contribution in [3.63, 3.8) is 0 Å². The summed E-state index contributed by atoms with van der Waals surface area (Å²) in [7, 11) is 0. The van der Waals surface area contributed by atoms with Gasteiger partial charge in [0.15, 0.2) is 11.5 Å². The molecule has 9 heteroatoms. The van der Waals surface area contributed by atoms with Gasteiger partial charge in [-0.2, -0.15) is 5.26 Å². The number of benzene rings is 1. The van der Waals surface area contributed by atoms with Crippen LogP contribution >= 0.6 is 11.8 Å². The van der Waals surface area contributed by atoms with Crippen LogP contribution < -0.4 is 14.8 Å². The number of hydrogen-bond donors (Lipinski definition) is 1. The fourth-order valence-corrected chi connectivity index (χ4v) is 2.95. The molecule has 2 heterocycles. The van der Waals surface area contributed by atoms with E-state index in [1.807, 2.05) is 13.8 Å². The molecular formula is C18H20N4O4S. The average molecular weight is 388 g/mol. The molecule has 1 aromatic carbocycles. The van der Waals surface area contributed by atoms with E-state index in [2.05, 4.69) is 21.6 Å². The topological polar surface area (TPSA) is 110 Å². The second-order valence-corrected chi connectivity index (χ2v) is 7.95. The summed E-state index contributed by atoms with van der Waals surface area (Å²) >= 11 is 1.14.